The number of hydrogen-bond donors (Lipinski definition) is 2. The van der Waals surface area contributed by atoms with Crippen molar-refractivity contribution in [3.8, 4) is 5.75 Å². The van der Waals surface area contributed by atoms with Gasteiger partial charge in [-0.3, -0.25) is 9.52 Å². The van der Waals surface area contributed by atoms with E-state index < -0.39 is 15.9 Å². The SMILES string of the molecule is COc1ccc(NC(=O)c2ccccc2NS(=O)(=O)c2c(C)c(C)cc(C)c2C)cc1. The molecular formula is C24H26N2O4S. The van der Waals surface area contributed by atoms with Crippen molar-refractivity contribution in [2.45, 2.75) is 32.6 Å². The fraction of sp³-hybridized carbons (Fsp3) is 0.208. The van der Waals surface area contributed by atoms with E-state index in [-0.39, 0.29) is 16.1 Å². The Hall–Kier alpha value is -3.32. The number of ether oxygens (including phenoxy) is 1. The van der Waals surface area contributed by atoms with Crippen LogP contribution in [0.15, 0.2) is 59.5 Å². The minimum absolute atomic E-state index is 0.214. The van der Waals surface area contributed by atoms with Crippen LogP contribution in [-0.2, 0) is 10.0 Å². The second-order valence-corrected chi connectivity index (χ2v) is 9.04. The Morgan fingerprint density at radius 2 is 1.45 bits per heavy atom. The molecule has 1 amide bonds. The number of sulfonamides is 1. The molecule has 0 aliphatic heterocycles. The summed E-state index contributed by atoms with van der Waals surface area (Å²) in [6.07, 6.45) is 0. The van der Waals surface area contributed by atoms with Gasteiger partial charge in [0.15, 0.2) is 0 Å². The summed E-state index contributed by atoms with van der Waals surface area (Å²) in [4.78, 5) is 13.1. The smallest absolute Gasteiger partial charge is 0.262 e. The van der Waals surface area contributed by atoms with Crippen molar-refractivity contribution in [1.82, 2.24) is 0 Å². The molecule has 3 rings (SSSR count). The zero-order valence-corrected chi connectivity index (χ0v) is 19.1. The van der Waals surface area contributed by atoms with E-state index in [2.05, 4.69) is 10.0 Å². The van der Waals surface area contributed by atoms with Crippen molar-refractivity contribution >= 4 is 27.3 Å². The van der Waals surface area contributed by atoms with Crippen molar-refractivity contribution in [3.05, 3.63) is 82.4 Å². The summed E-state index contributed by atoms with van der Waals surface area (Å²) in [6.45, 7) is 7.35. The van der Waals surface area contributed by atoms with Gasteiger partial charge in [-0.15, -0.1) is 0 Å². The highest BCUT2D eigenvalue weighted by Gasteiger charge is 2.24. The molecule has 0 fully saturated rings. The average Bonchev–Trinajstić information content (AvgIpc) is 2.73. The van der Waals surface area contributed by atoms with Crippen LogP contribution in [0, 0.1) is 27.7 Å². The summed E-state index contributed by atoms with van der Waals surface area (Å²) in [7, 11) is -2.34. The number of nitrogens with one attached hydrogen (secondary N) is 2. The number of carbonyl (C=O) groups is 1. The molecule has 0 radical (unpaired) electrons. The van der Waals surface area contributed by atoms with Crippen LogP contribution in [0.25, 0.3) is 0 Å². The van der Waals surface area contributed by atoms with Crippen LogP contribution >= 0.6 is 0 Å². The highest BCUT2D eigenvalue weighted by atomic mass is 32.2. The fourth-order valence-electron chi connectivity index (χ4n) is 3.42. The third-order valence-corrected chi connectivity index (χ3v) is 6.97. The topological polar surface area (TPSA) is 84.5 Å². The highest BCUT2D eigenvalue weighted by Crippen LogP contribution is 2.29. The van der Waals surface area contributed by atoms with E-state index in [1.165, 1.54) is 0 Å². The molecule has 31 heavy (non-hydrogen) atoms. The standard InChI is InChI=1S/C24H26N2O4S/c1-15-14-16(2)18(4)23(17(15)3)31(28,29)26-22-9-7-6-8-21(22)24(27)25-19-10-12-20(30-5)13-11-19/h6-14,26H,1-5H3,(H,25,27). The van der Waals surface area contributed by atoms with Gasteiger partial charge in [-0.05, 0) is 86.3 Å². The van der Waals surface area contributed by atoms with Gasteiger partial charge in [0.05, 0.1) is 23.3 Å². The molecule has 3 aromatic carbocycles. The molecule has 0 saturated heterocycles. The van der Waals surface area contributed by atoms with Gasteiger partial charge in [-0.1, -0.05) is 18.2 Å². The maximum Gasteiger partial charge on any atom is 0.262 e. The molecule has 0 atom stereocenters. The Kier molecular flexibility index (Phi) is 6.36. The fourth-order valence-corrected chi connectivity index (χ4v) is 5.12. The second kappa shape index (κ2) is 8.81. The Bertz CT molecular complexity index is 1210. The Morgan fingerprint density at radius 3 is 2.03 bits per heavy atom. The quantitative estimate of drug-likeness (QED) is 0.568. The van der Waals surface area contributed by atoms with E-state index >= 15 is 0 Å². The number of benzene rings is 3. The van der Waals surface area contributed by atoms with Crippen LogP contribution in [0.4, 0.5) is 11.4 Å². The number of carbonyl (C=O) groups excluding carboxylic acids is 1. The molecule has 0 aliphatic rings. The highest BCUT2D eigenvalue weighted by molar-refractivity contribution is 7.92. The predicted molar refractivity (Wildman–Crippen MR) is 124 cm³/mol. The van der Waals surface area contributed by atoms with Crippen molar-refractivity contribution in [3.63, 3.8) is 0 Å². The third-order valence-electron chi connectivity index (χ3n) is 5.33. The first-order valence-electron chi connectivity index (χ1n) is 9.78. The van der Waals surface area contributed by atoms with Crippen LogP contribution in [0.3, 0.4) is 0 Å². The summed E-state index contributed by atoms with van der Waals surface area (Å²) in [6, 6.07) is 15.4. The summed E-state index contributed by atoms with van der Waals surface area (Å²) in [5, 5.41) is 2.79. The summed E-state index contributed by atoms with van der Waals surface area (Å²) < 4.78 is 34.3. The molecule has 0 unspecified atom stereocenters. The first-order valence-corrected chi connectivity index (χ1v) is 11.3. The predicted octanol–water partition coefficient (Wildman–Crippen LogP) is 4.98. The average molecular weight is 439 g/mol. The Balaban J connectivity index is 1.94. The van der Waals surface area contributed by atoms with Gasteiger partial charge in [0.25, 0.3) is 15.9 Å². The monoisotopic (exact) mass is 438 g/mol. The molecule has 2 N–H and O–H groups in total. The molecule has 3 aromatic rings. The summed E-state index contributed by atoms with van der Waals surface area (Å²) in [5.74, 6) is 0.252. The molecular weight excluding hydrogens is 412 g/mol. The van der Waals surface area contributed by atoms with Crippen LogP contribution in [0.2, 0.25) is 0 Å². The first-order chi connectivity index (χ1) is 14.6. The molecule has 0 bridgehead atoms. The largest absolute Gasteiger partial charge is 0.497 e. The number of anilines is 2. The molecule has 162 valence electrons. The van der Waals surface area contributed by atoms with Gasteiger partial charge >= 0.3 is 0 Å². The van der Waals surface area contributed by atoms with Crippen LogP contribution in [0.5, 0.6) is 5.75 Å². The van der Waals surface area contributed by atoms with Crippen molar-refractivity contribution in [2.24, 2.45) is 0 Å². The van der Waals surface area contributed by atoms with Crippen molar-refractivity contribution in [1.29, 1.82) is 0 Å². The lowest BCUT2D eigenvalue weighted by molar-refractivity contribution is 0.102. The lowest BCUT2D eigenvalue weighted by Gasteiger charge is -2.18. The zero-order valence-electron chi connectivity index (χ0n) is 18.2. The molecule has 0 spiro atoms. The van der Waals surface area contributed by atoms with Gasteiger partial charge in [-0.2, -0.15) is 0 Å². The van der Waals surface area contributed by atoms with Crippen LogP contribution < -0.4 is 14.8 Å². The molecule has 0 aromatic heterocycles. The minimum atomic E-state index is -3.90. The normalized spacial score (nSPS) is 11.1. The van der Waals surface area contributed by atoms with E-state index in [0.717, 1.165) is 11.1 Å². The maximum atomic E-state index is 13.3. The molecule has 0 heterocycles. The summed E-state index contributed by atoms with van der Waals surface area (Å²) >= 11 is 0. The van der Waals surface area contributed by atoms with Gasteiger partial charge < -0.3 is 10.1 Å². The van der Waals surface area contributed by atoms with E-state index in [9.17, 15) is 13.2 Å². The number of para-hydroxylation sites is 1. The Morgan fingerprint density at radius 1 is 0.871 bits per heavy atom. The van der Waals surface area contributed by atoms with Gasteiger partial charge in [0, 0.05) is 5.69 Å². The van der Waals surface area contributed by atoms with Crippen LogP contribution in [0.1, 0.15) is 32.6 Å². The first kappa shape index (κ1) is 22.4. The second-order valence-electron chi connectivity index (χ2n) is 7.42. The third kappa shape index (κ3) is 4.72. The molecule has 0 aliphatic carbocycles. The summed E-state index contributed by atoms with van der Waals surface area (Å²) in [5.41, 5.74) is 4.19. The van der Waals surface area contributed by atoms with Gasteiger partial charge in [-0.25, -0.2) is 8.42 Å². The Labute approximate surface area is 183 Å². The molecule has 0 saturated carbocycles. The number of amides is 1. The number of rotatable bonds is 6. The zero-order chi connectivity index (χ0) is 22.8. The number of aryl methyl sites for hydroxylation is 2. The molecule has 6 nitrogen and oxygen atoms in total. The van der Waals surface area contributed by atoms with Gasteiger partial charge in [0.1, 0.15) is 5.75 Å². The van der Waals surface area contributed by atoms with E-state index in [1.54, 1.807) is 69.5 Å². The van der Waals surface area contributed by atoms with E-state index in [4.69, 9.17) is 4.74 Å². The lowest BCUT2D eigenvalue weighted by atomic mass is 10.0. The van der Waals surface area contributed by atoms with E-state index in [1.807, 2.05) is 19.9 Å². The minimum Gasteiger partial charge on any atom is -0.497 e. The van der Waals surface area contributed by atoms with Crippen molar-refractivity contribution in [2.75, 3.05) is 17.1 Å². The van der Waals surface area contributed by atoms with Crippen molar-refractivity contribution < 1.29 is 17.9 Å². The van der Waals surface area contributed by atoms with Crippen LogP contribution in [-0.4, -0.2) is 21.4 Å². The van der Waals surface area contributed by atoms with Gasteiger partial charge in [0.2, 0.25) is 0 Å². The number of hydrogen-bond acceptors (Lipinski definition) is 4. The number of methoxy groups -OCH3 is 1. The molecule has 7 heteroatoms. The van der Waals surface area contributed by atoms with E-state index in [0.29, 0.717) is 22.6 Å². The lowest BCUT2D eigenvalue weighted by Crippen LogP contribution is -2.20. The maximum absolute atomic E-state index is 13.3.